The van der Waals surface area contributed by atoms with Gasteiger partial charge in [0.25, 0.3) is 0 Å². The highest BCUT2D eigenvalue weighted by atomic mass is 35.5. The zero-order valence-corrected chi connectivity index (χ0v) is 10.0. The lowest BCUT2D eigenvalue weighted by atomic mass is 10.2. The molecular weight excluding hydrogens is 243 g/mol. The van der Waals surface area contributed by atoms with E-state index in [0.29, 0.717) is 5.69 Å². The maximum atomic E-state index is 13.1. The van der Waals surface area contributed by atoms with Crippen LogP contribution in [0.1, 0.15) is 6.92 Å². The molecule has 1 atom stereocenters. The van der Waals surface area contributed by atoms with Crippen molar-refractivity contribution < 1.29 is 9.18 Å². The van der Waals surface area contributed by atoms with Gasteiger partial charge in [-0.2, -0.15) is 0 Å². The molecule has 0 radical (unpaired) electrons. The summed E-state index contributed by atoms with van der Waals surface area (Å²) in [5.74, 6) is 1.51. The van der Waals surface area contributed by atoms with Gasteiger partial charge in [0, 0.05) is 5.69 Å². The Morgan fingerprint density at radius 1 is 1.65 bits per heavy atom. The number of nitrogens with one attached hydrogen (secondary N) is 2. The maximum Gasteiger partial charge on any atom is 0.242 e. The van der Waals surface area contributed by atoms with Gasteiger partial charge in [-0.25, -0.2) is 4.39 Å². The van der Waals surface area contributed by atoms with Crippen molar-refractivity contribution in [3.05, 3.63) is 29.0 Å². The fourth-order valence-corrected chi connectivity index (χ4v) is 1.31. The Labute approximate surface area is 104 Å². The molecule has 5 heteroatoms. The molecule has 0 aromatic heterocycles. The van der Waals surface area contributed by atoms with E-state index < -0.39 is 11.9 Å². The van der Waals surface area contributed by atoms with E-state index in [1.807, 2.05) is 0 Å². The third-order valence-electron chi connectivity index (χ3n) is 2.06. The summed E-state index contributed by atoms with van der Waals surface area (Å²) >= 11 is 5.54. The van der Waals surface area contributed by atoms with E-state index in [4.69, 9.17) is 18.0 Å². The maximum absolute atomic E-state index is 13.1. The van der Waals surface area contributed by atoms with Gasteiger partial charge < -0.3 is 10.6 Å². The molecule has 1 aromatic carbocycles. The Kier molecular flexibility index (Phi) is 4.80. The molecule has 17 heavy (non-hydrogen) atoms. The first-order valence-corrected chi connectivity index (χ1v) is 5.35. The lowest BCUT2D eigenvalue weighted by Gasteiger charge is -2.14. The van der Waals surface area contributed by atoms with E-state index in [1.54, 1.807) is 13.0 Å². The highest BCUT2D eigenvalue weighted by Crippen LogP contribution is 2.19. The van der Waals surface area contributed by atoms with Crippen LogP contribution in [0.4, 0.5) is 10.1 Å². The van der Waals surface area contributed by atoms with Crippen molar-refractivity contribution in [2.45, 2.75) is 13.0 Å². The predicted molar refractivity (Wildman–Crippen MR) is 66.3 cm³/mol. The van der Waals surface area contributed by atoms with Crippen LogP contribution in [0.5, 0.6) is 0 Å². The average Bonchev–Trinajstić information content (AvgIpc) is 2.30. The van der Waals surface area contributed by atoms with Crippen LogP contribution in [0.2, 0.25) is 5.02 Å². The normalized spacial score (nSPS) is 11.4. The Hall–Kier alpha value is -1.73. The molecule has 1 aromatic rings. The van der Waals surface area contributed by atoms with Gasteiger partial charge in [0.2, 0.25) is 5.91 Å². The molecule has 0 bridgehead atoms. The molecule has 90 valence electrons. The van der Waals surface area contributed by atoms with E-state index >= 15 is 0 Å². The van der Waals surface area contributed by atoms with Gasteiger partial charge >= 0.3 is 0 Å². The summed E-state index contributed by atoms with van der Waals surface area (Å²) in [7, 11) is 0. The molecule has 0 spiro atoms. The van der Waals surface area contributed by atoms with Gasteiger partial charge in [0.15, 0.2) is 0 Å². The number of hydrogen-bond acceptors (Lipinski definition) is 2. The summed E-state index contributed by atoms with van der Waals surface area (Å²) in [6, 6.07) is 3.73. The minimum Gasteiger partial charge on any atom is -0.374 e. The van der Waals surface area contributed by atoms with Crippen LogP contribution in [-0.4, -0.2) is 18.5 Å². The molecule has 2 N–H and O–H groups in total. The minimum absolute atomic E-state index is 0.0417. The van der Waals surface area contributed by atoms with Crippen LogP contribution >= 0.6 is 11.6 Å². The van der Waals surface area contributed by atoms with Crippen molar-refractivity contribution >= 4 is 23.2 Å². The summed E-state index contributed by atoms with van der Waals surface area (Å²) in [6.07, 6.45) is 5.02. The first kappa shape index (κ1) is 13.3. The van der Waals surface area contributed by atoms with Gasteiger partial charge in [-0.1, -0.05) is 17.5 Å². The van der Waals surface area contributed by atoms with E-state index in [2.05, 4.69) is 16.6 Å². The monoisotopic (exact) mass is 254 g/mol. The number of benzene rings is 1. The van der Waals surface area contributed by atoms with Crippen molar-refractivity contribution in [1.29, 1.82) is 0 Å². The highest BCUT2D eigenvalue weighted by molar-refractivity contribution is 6.30. The van der Waals surface area contributed by atoms with Crippen molar-refractivity contribution in [2.24, 2.45) is 0 Å². The van der Waals surface area contributed by atoms with Gasteiger partial charge in [-0.3, -0.25) is 4.79 Å². The van der Waals surface area contributed by atoms with Crippen molar-refractivity contribution in [1.82, 2.24) is 5.32 Å². The standard InChI is InChI=1S/C12H12ClFN2O/c1-3-6-15-12(17)8(2)16-9-4-5-10(13)11(14)7-9/h1,4-5,7-8,16H,6H2,2H3,(H,15,17). The summed E-state index contributed by atoms with van der Waals surface area (Å²) in [6.45, 7) is 1.82. The Morgan fingerprint density at radius 2 is 2.35 bits per heavy atom. The molecular formula is C12H12ClFN2O. The second-order valence-electron chi connectivity index (χ2n) is 3.42. The van der Waals surface area contributed by atoms with Gasteiger partial charge in [-0.15, -0.1) is 6.42 Å². The van der Waals surface area contributed by atoms with Crippen molar-refractivity contribution in [2.75, 3.05) is 11.9 Å². The lowest BCUT2D eigenvalue weighted by Crippen LogP contribution is -2.37. The van der Waals surface area contributed by atoms with E-state index in [1.165, 1.54) is 12.1 Å². The molecule has 0 aliphatic heterocycles. The number of carbonyl (C=O) groups excluding carboxylic acids is 1. The van der Waals surface area contributed by atoms with Crippen LogP contribution in [0.15, 0.2) is 18.2 Å². The number of carbonyl (C=O) groups is 1. The predicted octanol–water partition coefficient (Wildman–Crippen LogP) is 2.03. The SMILES string of the molecule is C#CCNC(=O)C(C)Nc1ccc(Cl)c(F)c1. The number of halogens is 2. The van der Waals surface area contributed by atoms with Crippen LogP contribution < -0.4 is 10.6 Å². The number of rotatable bonds is 4. The topological polar surface area (TPSA) is 41.1 Å². The Morgan fingerprint density at radius 3 is 2.94 bits per heavy atom. The van der Waals surface area contributed by atoms with Gasteiger partial charge in [0.05, 0.1) is 11.6 Å². The van der Waals surface area contributed by atoms with Crippen molar-refractivity contribution in [3.8, 4) is 12.3 Å². The largest absolute Gasteiger partial charge is 0.374 e. The van der Waals surface area contributed by atoms with Crippen LogP contribution in [0.25, 0.3) is 0 Å². The number of amides is 1. The molecule has 0 saturated heterocycles. The van der Waals surface area contributed by atoms with Gasteiger partial charge in [-0.05, 0) is 25.1 Å². The number of anilines is 1. The summed E-state index contributed by atoms with van der Waals surface area (Å²) in [5, 5.41) is 5.40. The average molecular weight is 255 g/mol. The minimum atomic E-state index is -0.534. The number of hydrogen-bond donors (Lipinski definition) is 2. The molecule has 0 heterocycles. The van der Waals surface area contributed by atoms with E-state index in [9.17, 15) is 9.18 Å². The van der Waals surface area contributed by atoms with E-state index in [-0.39, 0.29) is 17.5 Å². The number of terminal acetylenes is 1. The van der Waals surface area contributed by atoms with Crippen LogP contribution in [0.3, 0.4) is 0 Å². The highest BCUT2D eigenvalue weighted by Gasteiger charge is 2.12. The molecule has 0 fully saturated rings. The fraction of sp³-hybridized carbons (Fsp3) is 0.250. The van der Waals surface area contributed by atoms with E-state index in [0.717, 1.165) is 0 Å². The molecule has 0 aliphatic rings. The zero-order chi connectivity index (χ0) is 12.8. The van der Waals surface area contributed by atoms with Crippen LogP contribution in [-0.2, 0) is 4.79 Å². The molecule has 3 nitrogen and oxygen atoms in total. The van der Waals surface area contributed by atoms with Gasteiger partial charge in [0.1, 0.15) is 11.9 Å². The molecule has 1 amide bonds. The quantitative estimate of drug-likeness (QED) is 0.808. The summed E-state index contributed by atoms with van der Waals surface area (Å²) < 4.78 is 13.1. The Balaban J connectivity index is 2.62. The zero-order valence-electron chi connectivity index (χ0n) is 9.26. The first-order valence-electron chi connectivity index (χ1n) is 4.97. The summed E-state index contributed by atoms with van der Waals surface area (Å²) in [5.41, 5.74) is 0.482. The molecule has 0 saturated carbocycles. The smallest absolute Gasteiger partial charge is 0.242 e. The molecule has 0 aliphatic carbocycles. The second-order valence-corrected chi connectivity index (χ2v) is 3.82. The third-order valence-corrected chi connectivity index (χ3v) is 2.37. The first-order chi connectivity index (χ1) is 8.04. The molecule has 1 rings (SSSR count). The fourth-order valence-electron chi connectivity index (χ4n) is 1.19. The second kappa shape index (κ2) is 6.12. The lowest BCUT2D eigenvalue weighted by molar-refractivity contribution is -0.121. The Bertz CT molecular complexity index is 456. The molecule has 1 unspecified atom stereocenters. The third kappa shape index (κ3) is 3.97. The van der Waals surface area contributed by atoms with Crippen molar-refractivity contribution in [3.63, 3.8) is 0 Å². The summed E-state index contributed by atoms with van der Waals surface area (Å²) in [4.78, 5) is 11.5. The van der Waals surface area contributed by atoms with Crippen LogP contribution in [0, 0.1) is 18.2 Å².